The first-order valence-corrected chi connectivity index (χ1v) is 6.57. The van der Waals surface area contributed by atoms with Crippen LogP contribution in [0, 0.1) is 0 Å². The molecule has 2 rings (SSSR count). The summed E-state index contributed by atoms with van der Waals surface area (Å²) in [5, 5.41) is 1.18. The zero-order valence-corrected chi connectivity index (χ0v) is 11.0. The van der Waals surface area contributed by atoms with E-state index in [2.05, 4.69) is 0 Å². The van der Waals surface area contributed by atoms with E-state index in [0.29, 0.717) is 16.5 Å². The van der Waals surface area contributed by atoms with E-state index in [1.165, 1.54) is 0 Å². The first-order valence-electron chi connectivity index (χ1n) is 5.82. The third kappa shape index (κ3) is 3.34. The van der Waals surface area contributed by atoms with Crippen LogP contribution in [0.4, 0.5) is 0 Å². The zero-order valence-electron chi connectivity index (χ0n) is 9.51. The molecule has 0 aromatic heterocycles. The van der Waals surface area contributed by atoms with Gasteiger partial charge in [0.15, 0.2) is 5.78 Å². The number of ketones is 1. The van der Waals surface area contributed by atoms with E-state index in [9.17, 15) is 4.79 Å². The summed E-state index contributed by atoms with van der Waals surface area (Å²) in [5.74, 6) is 0.232. The highest BCUT2D eigenvalue weighted by Gasteiger charge is 2.11. The number of rotatable bonds is 2. The van der Waals surface area contributed by atoms with Gasteiger partial charge in [0.1, 0.15) is 0 Å². The van der Waals surface area contributed by atoms with Gasteiger partial charge in [0.2, 0.25) is 0 Å². The number of allylic oxidation sites excluding steroid dienone is 2. The lowest BCUT2D eigenvalue weighted by Gasteiger charge is -2.08. The van der Waals surface area contributed by atoms with Crippen LogP contribution in [0.1, 0.15) is 31.2 Å². The Morgan fingerprint density at radius 3 is 2.71 bits per heavy atom. The molecule has 0 amide bonds. The fourth-order valence-corrected chi connectivity index (χ4v) is 2.48. The molecule has 1 aliphatic rings. The van der Waals surface area contributed by atoms with Gasteiger partial charge in [-0.25, -0.2) is 0 Å². The molecule has 1 aliphatic carbocycles. The van der Waals surface area contributed by atoms with Crippen molar-refractivity contribution in [2.45, 2.75) is 32.1 Å². The van der Waals surface area contributed by atoms with Crippen molar-refractivity contribution in [3.63, 3.8) is 0 Å². The Morgan fingerprint density at radius 1 is 1.12 bits per heavy atom. The molecule has 1 aromatic rings. The summed E-state index contributed by atoms with van der Waals surface area (Å²) >= 11 is 12.1. The predicted molar refractivity (Wildman–Crippen MR) is 71.7 cm³/mol. The lowest BCUT2D eigenvalue weighted by atomic mass is 10.0. The van der Waals surface area contributed by atoms with E-state index in [0.717, 1.165) is 36.8 Å². The van der Waals surface area contributed by atoms with Gasteiger partial charge in [0, 0.05) is 6.42 Å². The maximum atomic E-state index is 11.5. The molecule has 0 unspecified atom stereocenters. The van der Waals surface area contributed by atoms with Gasteiger partial charge in [-0.05, 0) is 43.4 Å². The predicted octanol–water partition coefficient (Wildman–Crippen LogP) is 4.61. The topological polar surface area (TPSA) is 17.1 Å². The van der Waals surface area contributed by atoms with Crippen molar-refractivity contribution in [3.05, 3.63) is 45.5 Å². The summed E-state index contributed by atoms with van der Waals surface area (Å²) in [6.07, 6.45) is 6.23. The second-order valence-corrected chi connectivity index (χ2v) is 5.15. The molecule has 3 heteroatoms. The number of hydrogen-bond donors (Lipinski definition) is 0. The zero-order chi connectivity index (χ0) is 12.3. The minimum atomic E-state index is 0.232. The number of carbonyl (C=O) groups excluding carboxylic acids is 1. The van der Waals surface area contributed by atoms with Crippen molar-refractivity contribution in [2.75, 3.05) is 0 Å². The number of carbonyl (C=O) groups is 1. The Balaban J connectivity index is 2.20. The maximum Gasteiger partial charge on any atom is 0.155 e. The molecular weight excluding hydrogens is 255 g/mol. The first-order chi connectivity index (χ1) is 8.16. The van der Waals surface area contributed by atoms with Crippen LogP contribution in [0.2, 0.25) is 10.0 Å². The van der Waals surface area contributed by atoms with Crippen LogP contribution >= 0.6 is 23.2 Å². The third-order valence-corrected chi connectivity index (χ3v) is 3.84. The van der Waals surface area contributed by atoms with Crippen molar-refractivity contribution in [2.24, 2.45) is 0 Å². The molecular formula is C14H14Cl2O. The molecule has 17 heavy (non-hydrogen) atoms. The van der Waals surface area contributed by atoms with E-state index < -0.39 is 0 Å². The van der Waals surface area contributed by atoms with Crippen molar-refractivity contribution in [1.29, 1.82) is 0 Å². The van der Waals surface area contributed by atoms with Gasteiger partial charge in [-0.1, -0.05) is 40.9 Å². The van der Waals surface area contributed by atoms with Crippen LogP contribution in [-0.2, 0) is 11.2 Å². The Labute approximate surface area is 111 Å². The summed E-state index contributed by atoms with van der Waals surface area (Å²) in [7, 11) is 0. The highest BCUT2D eigenvalue weighted by molar-refractivity contribution is 6.42. The molecule has 0 radical (unpaired) electrons. The van der Waals surface area contributed by atoms with E-state index in [1.54, 1.807) is 12.1 Å². The minimum Gasteiger partial charge on any atom is -0.295 e. The number of hydrogen-bond acceptors (Lipinski definition) is 1. The van der Waals surface area contributed by atoms with E-state index in [4.69, 9.17) is 23.2 Å². The summed E-state index contributed by atoms with van der Waals surface area (Å²) in [6.45, 7) is 0. The van der Waals surface area contributed by atoms with E-state index in [1.807, 2.05) is 12.1 Å². The van der Waals surface area contributed by atoms with E-state index in [-0.39, 0.29) is 5.78 Å². The van der Waals surface area contributed by atoms with Crippen LogP contribution < -0.4 is 0 Å². The summed E-state index contributed by atoms with van der Waals surface area (Å²) in [6, 6.07) is 5.63. The third-order valence-electron chi connectivity index (χ3n) is 2.99. The van der Waals surface area contributed by atoms with Gasteiger partial charge in [-0.15, -0.1) is 0 Å². The molecule has 0 atom stereocenters. The van der Waals surface area contributed by atoms with Crippen LogP contribution in [0.25, 0.3) is 0 Å². The molecule has 0 spiro atoms. The lowest BCUT2D eigenvalue weighted by molar-refractivity contribution is -0.114. The molecule has 0 N–H and O–H groups in total. The molecule has 0 heterocycles. The van der Waals surface area contributed by atoms with Crippen molar-refractivity contribution in [1.82, 2.24) is 0 Å². The normalized spacial score (nSPS) is 16.6. The molecule has 1 aromatic carbocycles. The fourth-order valence-electron chi connectivity index (χ4n) is 2.09. The molecule has 1 nitrogen and oxygen atoms in total. The Kier molecular flexibility index (Phi) is 4.25. The summed E-state index contributed by atoms with van der Waals surface area (Å²) < 4.78 is 0. The van der Waals surface area contributed by atoms with Gasteiger partial charge in [-0.3, -0.25) is 4.79 Å². The van der Waals surface area contributed by atoms with Crippen LogP contribution in [-0.4, -0.2) is 5.78 Å². The Morgan fingerprint density at radius 2 is 1.88 bits per heavy atom. The minimum absolute atomic E-state index is 0.232. The average Bonchev–Trinajstić information content (AvgIpc) is 2.49. The second kappa shape index (κ2) is 5.70. The van der Waals surface area contributed by atoms with Crippen LogP contribution in [0.3, 0.4) is 0 Å². The first kappa shape index (κ1) is 12.7. The molecule has 0 aliphatic heterocycles. The van der Waals surface area contributed by atoms with Gasteiger partial charge < -0.3 is 0 Å². The van der Waals surface area contributed by atoms with Gasteiger partial charge >= 0.3 is 0 Å². The molecule has 90 valence electrons. The molecule has 0 saturated heterocycles. The summed E-state index contributed by atoms with van der Waals surface area (Å²) in [5.41, 5.74) is 2.16. The SMILES string of the molecule is O=C1C=C(Cc2cccc(Cl)c2Cl)CCCC1. The number of halogens is 2. The molecule has 0 fully saturated rings. The Hall–Kier alpha value is -0.790. The highest BCUT2D eigenvalue weighted by Crippen LogP contribution is 2.29. The van der Waals surface area contributed by atoms with Gasteiger partial charge in [0.05, 0.1) is 10.0 Å². The van der Waals surface area contributed by atoms with Crippen molar-refractivity contribution < 1.29 is 4.79 Å². The van der Waals surface area contributed by atoms with Gasteiger partial charge in [0.25, 0.3) is 0 Å². The molecule has 0 saturated carbocycles. The fraction of sp³-hybridized carbons (Fsp3) is 0.357. The van der Waals surface area contributed by atoms with Crippen LogP contribution in [0.5, 0.6) is 0 Å². The smallest absolute Gasteiger partial charge is 0.155 e. The standard InChI is InChI=1S/C14H14Cl2O/c15-13-7-3-5-11(14(13)16)8-10-4-1-2-6-12(17)9-10/h3,5,7,9H,1-2,4,6,8H2. The number of benzene rings is 1. The van der Waals surface area contributed by atoms with Gasteiger partial charge in [-0.2, -0.15) is 0 Å². The van der Waals surface area contributed by atoms with Crippen molar-refractivity contribution in [3.8, 4) is 0 Å². The quantitative estimate of drug-likeness (QED) is 0.766. The largest absolute Gasteiger partial charge is 0.295 e. The van der Waals surface area contributed by atoms with E-state index >= 15 is 0 Å². The average molecular weight is 269 g/mol. The molecule has 0 bridgehead atoms. The monoisotopic (exact) mass is 268 g/mol. The second-order valence-electron chi connectivity index (χ2n) is 4.37. The maximum absolute atomic E-state index is 11.5. The lowest BCUT2D eigenvalue weighted by Crippen LogP contribution is -1.95. The summed E-state index contributed by atoms with van der Waals surface area (Å²) in [4.78, 5) is 11.5. The highest BCUT2D eigenvalue weighted by atomic mass is 35.5. The van der Waals surface area contributed by atoms with Crippen molar-refractivity contribution >= 4 is 29.0 Å². The Bertz CT molecular complexity index is 463. The van der Waals surface area contributed by atoms with Crippen LogP contribution in [0.15, 0.2) is 29.8 Å².